The minimum absolute atomic E-state index is 0.195. The predicted molar refractivity (Wildman–Crippen MR) is 101 cm³/mol. The first kappa shape index (κ1) is 18.2. The number of amides is 1. The van der Waals surface area contributed by atoms with Gasteiger partial charge in [0.15, 0.2) is 6.73 Å². The Kier molecular flexibility index (Phi) is 5.72. The molecule has 0 saturated carbocycles. The lowest BCUT2D eigenvalue weighted by Crippen LogP contribution is -2.27. The van der Waals surface area contributed by atoms with Crippen LogP contribution in [0.1, 0.15) is 36.1 Å². The molecule has 1 atom stereocenters. The van der Waals surface area contributed by atoms with Gasteiger partial charge in [-0.2, -0.15) is 10.2 Å². The summed E-state index contributed by atoms with van der Waals surface area (Å²) in [6.45, 7) is 4.94. The van der Waals surface area contributed by atoms with Crippen LogP contribution in [0, 0.1) is 0 Å². The molecule has 1 aromatic carbocycles. The first-order chi connectivity index (χ1) is 12.5. The summed E-state index contributed by atoms with van der Waals surface area (Å²) in [4.78, 5) is 12.4. The summed E-state index contributed by atoms with van der Waals surface area (Å²) in [6, 6.07) is 10.9. The van der Waals surface area contributed by atoms with Crippen LogP contribution in [0.5, 0.6) is 5.75 Å². The Labute approximate surface area is 160 Å². The van der Waals surface area contributed by atoms with Crippen molar-refractivity contribution in [3.05, 3.63) is 64.7 Å². The standard InChI is InChI=1S/C18H20BrN5O2/c1-3-23-10-8-16(21-23)13(2)20-18(25)17-9-11-24(22-17)12-26-15-6-4-14(19)5-7-15/h4-11,13H,3,12H2,1-2H3,(H,20,25). The van der Waals surface area contributed by atoms with Crippen molar-refractivity contribution in [3.8, 4) is 5.75 Å². The van der Waals surface area contributed by atoms with Crippen LogP contribution in [0.25, 0.3) is 0 Å². The predicted octanol–water partition coefficient (Wildman–Crippen LogP) is 3.39. The van der Waals surface area contributed by atoms with Gasteiger partial charge in [-0.3, -0.25) is 9.48 Å². The summed E-state index contributed by atoms with van der Waals surface area (Å²) in [6.07, 6.45) is 3.61. The van der Waals surface area contributed by atoms with E-state index in [1.54, 1.807) is 16.9 Å². The maximum atomic E-state index is 12.4. The highest BCUT2D eigenvalue weighted by Gasteiger charge is 2.15. The number of carbonyl (C=O) groups is 1. The molecule has 0 saturated heterocycles. The molecule has 0 radical (unpaired) electrons. The SMILES string of the molecule is CCn1ccc(C(C)NC(=O)c2ccn(COc3ccc(Br)cc3)n2)n1. The summed E-state index contributed by atoms with van der Waals surface area (Å²) in [5.41, 5.74) is 1.16. The van der Waals surface area contributed by atoms with E-state index in [2.05, 4.69) is 31.4 Å². The summed E-state index contributed by atoms with van der Waals surface area (Å²) in [5.74, 6) is 0.487. The first-order valence-electron chi connectivity index (χ1n) is 8.31. The van der Waals surface area contributed by atoms with Gasteiger partial charge in [0, 0.05) is 23.4 Å². The van der Waals surface area contributed by atoms with Gasteiger partial charge in [0.2, 0.25) is 0 Å². The molecule has 0 aliphatic carbocycles. The van der Waals surface area contributed by atoms with Crippen LogP contribution in [0.3, 0.4) is 0 Å². The summed E-state index contributed by atoms with van der Waals surface area (Å²) >= 11 is 3.38. The third-order valence-corrected chi connectivity index (χ3v) is 4.36. The highest BCUT2D eigenvalue weighted by atomic mass is 79.9. The number of aromatic nitrogens is 4. The van der Waals surface area contributed by atoms with Crippen LogP contribution in [0.2, 0.25) is 0 Å². The lowest BCUT2D eigenvalue weighted by atomic mass is 10.2. The maximum absolute atomic E-state index is 12.4. The number of hydrogen-bond donors (Lipinski definition) is 1. The largest absolute Gasteiger partial charge is 0.471 e. The molecule has 26 heavy (non-hydrogen) atoms. The van der Waals surface area contributed by atoms with Crippen LogP contribution in [-0.2, 0) is 13.3 Å². The number of aryl methyl sites for hydroxylation is 1. The van der Waals surface area contributed by atoms with E-state index in [0.717, 1.165) is 22.5 Å². The fourth-order valence-corrected chi connectivity index (χ4v) is 2.62. The van der Waals surface area contributed by atoms with Gasteiger partial charge in [0.25, 0.3) is 5.91 Å². The van der Waals surface area contributed by atoms with E-state index in [9.17, 15) is 4.79 Å². The highest BCUT2D eigenvalue weighted by molar-refractivity contribution is 9.10. The lowest BCUT2D eigenvalue weighted by Gasteiger charge is -2.10. The molecule has 0 fully saturated rings. The van der Waals surface area contributed by atoms with Gasteiger partial charge < -0.3 is 10.1 Å². The number of nitrogens with zero attached hydrogens (tertiary/aromatic N) is 4. The van der Waals surface area contributed by atoms with E-state index >= 15 is 0 Å². The zero-order chi connectivity index (χ0) is 18.5. The van der Waals surface area contributed by atoms with Gasteiger partial charge in [-0.05, 0) is 50.2 Å². The minimum atomic E-state index is -0.244. The Balaban J connectivity index is 1.56. The van der Waals surface area contributed by atoms with Crippen molar-refractivity contribution in [3.63, 3.8) is 0 Å². The fraction of sp³-hybridized carbons (Fsp3) is 0.278. The number of halogens is 1. The van der Waals surface area contributed by atoms with E-state index in [0.29, 0.717) is 5.69 Å². The van der Waals surface area contributed by atoms with E-state index in [4.69, 9.17) is 4.74 Å². The van der Waals surface area contributed by atoms with Crippen molar-refractivity contribution in [1.82, 2.24) is 24.9 Å². The fourth-order valence-electron chi connectivity index (χ4n) is 2.36. The zero-order valence-electron chi connectivity index (χ0n) is 14.6. The number of carbonyl (C=O) groups excluding carboxylic acids is 1. The molecule has 0 aliphatic rings. The summed E-state index contributed by atoms with van der Waals surface area (Å²) in [7, 11) is 0. The number of nitrogens with one attached hydrogen (secondary N) is 1. The van der Waals surface area contributed by atoms with Gasteiger partial charge in [-0.15, -0.1) is 0 Å². The van der Waals surface area contributed by atoms with Crippen molar-refractivity contribution < 1.29 is 9.53 Å². The summed E-state index contributed by atoms with van der Waals surface area (Å²) < 4.78 is 10.0. The molecule has 1 N–H and O–H groups in total. The first-order valence-corrected chi connectivity index (χ1v) is 9.10. The van der Waals surface area contributed by atoms with Gasteiger partial charge in [-0.25, -0.2) is 4.68 Å². The molecular formula is C18H20BrN5O2. The number of hydrogen-bond acceptors (Lipinski definition) is 4. The third kappa shape index (κ3) is 4.51. The smallest absolute Gasteiger partial charge is 0.272 e. The average Bonchev–Trinajstić information content (AvgIpc) is 3.30. The Morgan fingerprint density at radius 1 is 1.15 bits per heavy atom. The molecule has 2 heterocycles. The minimum Gasteiger partial charge on any atom is -0.471 e. The molecule has 2 aromatic heterocycles. The number of benzene rings is 1. The van der Waals surface area contributed by atoms with Crippen molar-refractivity contribution in [2.75, 3.05) is 0 Å². The normalized spacial score (nSPS) is 12.0. The van der Waals surface area contributed by atoms with Crippen LogP contribution in [-0.4, -0.2) is 25.5 Å². The Morgan fingerprint density at radius 2 is 1.88 bits per heavy atom. The van der Waals surface area contributed by atoms with Gasteiger partial charge in [-0.1, -0.05) is 15.9 Å². The van der Waals surface area contributed by atoms with Crippen LogP contribution in [0.15, 0.2) is 53.3 Å². The van der Waals surface area contributed by atoms with E-state index in [1.807, 2.05) is 55.1 Å². The molecular weight excluding hydrogens is 398 g/mol. The molecule has 3 aromatic rings. The van der Waals surface area contributed by atoms with E-state index in [-0.39, 0.29) is 18.7 Å². The van der Waals surface area contributed by atoms with E-state index in [1.165, 1.54) is 0 Å². The Bertz CT molecular complexity index is 872. The van der Waals surface area contributed by atoms with Crippen LogP contribution < -0.4 is 10.1 Å². The Hall–Kier alpha value is -2.61. The van der Waals surface area contributed by atoms with Crippen LogP contribution >= 0.6 is 15.9 Å². The maximum Gasteiger partial charge on any atom is 0.272 e. The monoisotopic (exact) mass is 417 g/mol. The second kappa shape index (κ2) is 8.18. The molecule has 1 amide bonds. The van der Waals surface area contributed by atoms with Gasteiger partial charge in [0.1, 0.15) is 11.4 Å². The highest BCUT2D eigenvalue weighted by Crippen LogP contribution is 2.16. The molecule has 0 bridgehead atoms. The van der Waals surface area contributed by atoms with Crippen molar-refractivity contribution in [1.29, 1.82) is 0 Å². The quantitative estimate of drug-likeness (QED) is 0.639. The zero-order valence-corrected chi connectivity index (χ0v) is 16.2. The van der Waals surface area contributed by atoms with Crippen molar-refractivity contribution in [2.24, 2.45) is 0 Å². The number of rotatable bonds is 7. The molecule has 3 rings (SSSR count). The molecule has 7 nitrogen and oxygen atoms in total. The van der Waals surface area contributed by atoms with E-state index < -0.39 is 0 Å². The average molecular weight is 418 g/mol. The van der Waals surface area contributed by atoms with Crippen molar-refractivity contribution >= 4 is 21.8 Å². The third-order valence-electron chi connectivity index (χ3n) is 3.83. The molecule has 0 spiro atoms. The van der Waals surface area contributed by atoms with Crippen LogP contribution in [0.4, 0.5) is 0 Å². The Morgan fingerprint density at radius 3 is 2.58 bits per heavy atom. The molecule has 8 heteroatoms. The number of ether oxygens (including phenoxy) is 1. The lowest BCUT2D eigenvalue weighted by molar-refractivity contribution is 0.0932. The van der Waals surface area contributed by atoms with Gasteiger partial charge in [0.05, 0.1) is 11.7 Å². The molecule has 0 aliphatic heterocycles. The molecule has 1 unspecified atom stereocenters. The van der Waals surface area contributed by atoms with Gasteiger partial charge >= 0.3 is 0 Å². The summed E-state index contributed by atoms with van der Waals surface area (Å²) in [5, 5.41) is 11.6. The van der Waals surface area contributed by atoms with Crippen molar-refractivity contribution in [2.45, 2.75) is 33.2 Å². The molecule has 136 valence electrons. The topological polar surface area (TPSA) is 74.0 Å². The second-order valence-electron chi connectivity index (χ2n) is 5.76. The second-order valence-corrected chi connectivity index (χ2v) is 6.67.